The van der Waals surface area contributed by atoms with Gasteiger partial charge in [0.15, 0.2) is 11.5 Å². The SMILES string of the molecule is CCOc1ccc(C(c2nc3ccccc3s2)N2CCCCC2C(=O)O)cc1OCC. The molecular formula is C24H28N2O4S. The molecule has 1 fully saturated rings. The molecule has 0 bridgehead atoms. The van der Waals surface area contributed by atoms with Crippen LogP contribution in [0.4, 0.5) is 0 Å². The van der Waals surface area contributed by atoms with Gasteiger partial charge in [-0.3, -0.25) is 9.69 Å². The second-order valence-corrected chi connectivity index (χ2v) is 8.64. The predicted molar refractivity (Wildman–Crippen MR) is 122 cm³/mol. The minimum atomic E-state index is -0.776. The highest BCUT2D eigenvalue weighted by Gasteiger charge is 2.37. The number of ether oxygens (including phenoxy) is 2. The third kappa shape index (κ3) is 4.52. The number of carbonyl (C=O) groups is 1. The van der Waals surface area contributed by atoms with Crippen LogP contribution in [-0.2, 0) is 4.79 Å². The third-order valence-electron chi connectivity index (χ3n) is 5.59. The Kier molecular flexibility index (Phi) is 6.73. The van der Waals surface area contributed by atoms with Gasteiger partial charge >= 0.3 is 5.97 Å². The number of rotatable bonds is 8. The van der Waals surface area contributed by atoms with Crippen molar-refractivity contribution in [2.24, 2.45) is 0 Å². The average Bonchev–Trinajstić information content (AvgIpc) is 3.20. The van der Waals surface area contributed by atoms with Gasteiger partial charge in [0.05, 0.1) is 29.5 Å². The number of aromatic nitrogens is 1. The summed E-state index contributed by atoms with van der Waals surface area (Å²) in [6.45, 7) is 5.68. The molecule has 2 aromatic carbocycles. The lowest BCUT2D eigenvalue weighted by molar-refractivity contribution is -0.145. The summed E-state index contributed by atoms with van der Waals surface area (Å²) in [5.74, 6) is 0.600. The molecule has 6 nitrogen and oxygen atoms in total. The van der Waals surface area contributed by atoms with Gasteiger partial charge in [0.2, 0.25) is 0 Å². The maximum atomic E-state index is 12.1. The summed E-state index contributed by atoms with van der Waals surface area (Å²) in [4.78, 5) is 19.1. The van der Waals surface area contributed by atoms with Crippen LogP contribution in [0.15, 0.2) is 42.5 Å². The molecule has 4 rings (SSSR count). The van der Waals surface area contributed by atoms with E-state index in [1.165, 1.54) is 0 Å². The summed E-state index contributed by atoms with van der Waals surface area (Å²) in [5.41, 5.74) is 1.91. The van der Waals surface area contributed by atoms with E-state index in [4.69, 9.17) is 14.5 Å². The smallest absolute Gasteiger partial charge is 0.320 e. The van der Waals surface area contributed by atoms with Crippen LogP contribution in [0.5, 0.6) is 11.5 Å². The number of carboxylic acid groups (broad SMARTS) is 1. The highest BCUT2D eigenvalue weighted by atomic mass is 32.1. The van der Waals surface area contributed by atoms with Crippen LogP contribution in [0.1, 0.15) is 49.7 Å². The highest BCUT2D eigenvalue weighted by molar-refractivity contribution is 7.18. The molecule has 31 heavy (non-hydrogen) atoms. The molecule has 1 aliphatic heterocycles. The molecule has 1 aliphatic rings. The topological polar surface area (TPSA) is 71.9 Å². The first-order chi connectivity index (χ1) is 15.1. The summed E-state index contributed by atoms with van der Waals surface area (Å²) >= 11 is 1.62. The van der Waals surface area contributed by atoms with Gasteiger partial charge < -0.3 is 14.6 Å². The second-order valence-electron chi connectivity index (χ2n) is 7.58. The number of hydrogen-bond donors (Lipinski definition) is 1. The van der Waals surface area contributed by atoms with Gasteiger partial charge in [0.1, 0.15) is 11.0 Å². The minimum Gasteiger partial charge on any atom is -0.490 e. The number of thiazole rings is 1. The minimum absolute atomic E-state index is 0.256. The molecule has 1 N–H and O–H groups in total. The van der Waals surface area contributed by atoms with Crippen molar-refractivity contribution >= 4 is 27.5 Å². The highest BCUT2D eigenvalue weighted by Crippen LogP contribution is 2.40. The van der Waals surface area contributed by atoms with Crippen LogP contribution in [0.25, 0.3) is 10.2 Å². The molecule has 2 heterocycles. The fraction of sp³-hybridized carbons (Fsp3) is 0.417. The molecule has 2 atom stereocenters. The van der Waals surface area contributed by atoms with Crippen LogP contribution < -0.4 is 9.47 Å². The van der Waals surface area contributed by atoms with Crippen LogP contribution in [0.3, 0.4) is 0 Å². The molecule has 3 aromatic rings. The number of likely N-dealkylation sites (tertiary alicyclic amines) is 1. The first-order valence-electron chi connectivity index (χ1n) is 10.9. The number of hydrogen-bond acceptors (Lipinski definition) is 6. The largest absolute Gasteiger partial charge is 0.490 e. The number of para-hydroxylation sites is 1. The summed E-state index contributed by atoms with van der Waals surface area (Å²) in [5, 5.41) is 10.8. The lowest BCUT2D eigenvalue weighted by Crippen LogP contribution is -2.46. The van der Waals surface area contributed by atoms with E-state index in [9.17, 15) is 9.90 Å². The molecular weight excluding hydrogens is 412 g/mol. The zero-order valence-corrected chi connectivity index (χ0v) is 18.7. The van der Waals surface area contributed by atoms with Crippen molar-refractivity contribution in [1.82, 2.24) is 9.88 Å². The van der Waals surface area contributed by atoms with E-state index < -0.39 is 12.0 Å². The Morgan fingerprint density at radius 3 is 2.68 bits per heavy atom. The van der Waals surface area contributed by atoms with Crippen LogP contribution in [0, 0.1) is 0 Å². The van der Waals surface area contributed by atoms with E-state index in [2.05, 4.69) is 11.0 Å². The first kappa shape index (κ1) is 21.6. The molecule has 0 amide bonds. The summed E-state index contributed by atoms with van der Waals surface area (Å²) in [6.07, 6.45) is 2.54. The molecule has 1 aromatic heterocycles. The van der Waals surface area contributed by atoms with Gasteiger partial charge in [0.25, 0.3) is 0 Å². The molecule has 0 aliphatic carbocycles. The summed E-state index contributed by atoms with van der Waals surface area (Å²) in [7, 11) is 0. The fourth-order valence-electron chi connectivity index (χ4n) is 4.25. The zero-order chi connectivity index (χ0) is 21.8. The van der Waals surface area contributed by atoms with Crippen molar-refractivity contribution in [2.45, 2.75) is 45.2 Å². The fourth-order valence-corrected chi connectivity index (χ4v) is 5.37. The lowest BCUT2D eigenvalue weighted by atomic mass is 9.96. The first-order valence-corrected chi connectivity index (χ1v) is 11.7. The number of piperidine rings is 1. The monoisotopic (exact) mass is 440 g/mol. The summed E-state index contributed by atoms with van der Waals surface area (Å²) in [6, 6.07) is 13.2. The number of benzene rings is 2. The van der Waals surface area contributed by atoms with E-state index in [-0.39, 0.29) is 6.04 Å². The Hall–Kier alpha value is -2.64. The quantitative estimate of drug-likeness (QED) is 0.524. The zero-order valence-electron chi connectivity index (χ0n) is 17.9. The van der Waals surface area contributed by atoms with Gasteiger partial charge in [-0.15, -0.1) is 11.3 Å². The molecule has 0 radical (unpaired) electrons. The van der Waals surface area contributed by atoms with Crippen molar-refractivity contribution in [1.29, 1.82) is 0 Å². The molecule has 0 saturated carbocycles. The van der Waals surface area contributed by atoms with Gasteiger partial charge in [-0.1, -0.05) is 24.6 Å². The summed E-state index contributed by atoms with van der Waals surface area (Å²) < 4.78 is 12.7. The van der Waals surface area contributed by atoms with Crippen LogP contribution in [0.2, 0.25) is 0 Å². The Balaban J connectivity index is 1.83. The van der Waals surface area contributed by atoms with E-state index in [0.717, 1.165) is 40.2 Å². The van der Waals surface area contributed by atoms with Crippen molar-refractivity contribution in [3.05, 3.63) is 53.0 Å². The van der Waals surface area contributed by atoms with Gasteiger partial charge in [0, 0.05) is 6.54 Å². The van der Waals surface area contributed by atoms with Crippen molar-refractivity contribution < 1.29 is 19.4 Å². The number of carboxylic acids is 1. The molecule has 0 spiro atoms. The van der Waals surface area contributed by atoms with Gasteiger partial charge in [-0.2, -0.15) is 0 Å². The van der Waals surface area contributed by atoms with Crippen LogP contribution in [-0.4, -0.2) is 46.8 Å². The van der Waals surface area contributed by atoms with Crippen molar-refractivity contribution in [3.63, 3.8) is 0 Å². The number of fused-ring (bicyclic) bond motifs is 1. The van der Waals surface area contributed by atoms with Crippen molar-refractivity contribution in [2.75, 3.05) is 19.8 Å². The molecule has 164 valence electrons. The number of nitrogens with zero attached hydrogens (tertiary/aromatic N) is 2. The van der Waals surface area contributed by atoms with Crippen LogP contribution >= 0.6 is 11.3 Å². The average molecular weight is 441 g/mol. The Bertz CT molecular complexity index is 1020. The molecule has 1 saturated heterocycles. The Labute approximate surface area is 186 Å². The van der Waals surface area contributed by atoms with E-state index in [1.54, 1.807) is 11.3 Å². The third-order valence-corrected chi connectivity index (χ3v) is 6.68. The Morgan fingerprint density at radius 1 is 1.16 bits per heavy atom. The second kappa shape index (κ2) is 9.66. The maximum Gasteiger partial charge on any atom is 0.320 e. The number of aliphatic carboxylic acids is 1. The molecule has 7 heteroatoms. The van der Waals surface area contributed by atoms with Gasteiger partial charge in [-0.05, 0) is 56.5 Å². The predicted octanol–water partition coefficient (Wildman–Crippen LogP) is 5.12. The van der Waals surface area contributed by atoms with Crippen molar-refractivity contribution in [3.8, 4) is 11.5 Å². The van der Waals surface area contributed by atoms with E-state index in [1.807, 2.05) is 50.2 Å². The molecule has 2 unspecified atom stereocenters. The van der Waals surface area contributed by atoms with E-state index >= 15 is 0 Å². The normalized spacial score (nSPS) is 18.1. The Morgan fingerprint density at radius 2 is 1.94 bits per heavy atom. The van der Waals surface area contributed by atoms with Gasteiger partial charge in [-0.25, -0.2) is 4.98 Å². The van der Waals surface area contributed by atoms with E-state index in [0.29, 0.717) is 31.1 Å². The lowest BCUT2D eigenvalue weighted by Gasteiger charge is -2.38. The standard InChI is InChI=1S/C24H28N2O4S/c1-3-29-19-13-12-16(15-20(19)30-4-2)22(26-14-8-7-10-18(26)24(27)28)23-25-17-9-5-6-11-21(17)31-23/h5-6,9,11-13,15,18,22H,3-4,7-8,10,14H2,1-2H3,(H,27,28). The maximum absolute atomic E-state index is 12.1.